The molecule has 0 aliphatic rings. The van der Waals surface area contributed by atoms with Crippen molar-refractivity contribution in [3.63, 3.8) is 0 Å². The summed E-state index contributed by atoms with van der Waals surface area (Å²) in [6.07, 6.45) is 0. The molecule has 2 nitrogen and oxygen atoms in total. The minimum absolute atomic E-state index is 1.08. The van der Waals surface area contributed by atoms with E-state index in [9.17, 15) is 0 Å². The lowest BCUT2D eigenvalue weighted by molar-refractivity contribution is 1.18. The third kappa shape index (κ3) is 6.73. The van der Waals surface area contributed by atoms with Crippen LogP contribution in [-0.4, -0.2) is 4.57 Å². The van der Waals surface area contributed by atoms with Crippen LogP contribution < -0.4 is 4.90 Å². The normalized spacial score (nSPS) is 11.5. The number of benzene rings is 12. The maximum atomic E-state index is 2.42. The van der Waals surface area contributed by atoms with E-state index in [0.29, 0.717) is 0 Å². The summed E-state index contributed by atoms with van der Waals surface area (Å²) in [4.78, 5) is 2.41. The fourth-order valence-electron chi connectivity index (χ4n) is 10.6. The van der Waals surface area contributed by atoms with Crippen LogP contribution in [0, 0.1) is 0 Å². The average molecular weight is 865 g/mol. The lowest BCUT2D eigenvalue weighted by Crippen LogP contribution is -2.10. The highest BCUT2D eigenvalue weighted by Crippen LogP contribution is 2.47. The Hall–Kier alpha value is -8.98. The van der Waals surface area contributed by atoms with E-state index in [1.165, 1.54) is 93.1 Å². The van der Waals surface area contributed by atoms with Gasteiger partial charge in [0.05, 0.1) is 11.0 Å². The second kappa shape index (κ2) is 16.5. The predicted octanol–water partition coefficient (Wildman–Crippen LogP) is 18.4. The first-order valence-electron chi connectivity index (χ1n) is 23.4. The molecule has 1 heterocycles. The van der Waals surface area contributed by atoms with Crippen molar-refractivity contribution in [3.8, 4) is 50.2 Å². The smallest absolute Gasteiger partial charge is 0.0542 e. The minimum Gasteiger partial charge on any atom is -0.310 e. The summed E-state index contributed by atoms with van der Waals surface area (Å²) in [6.45, 7) is 0. The molecule has 12 aromatic carbocycles. The van der Waals surface area contributed by atoms with Crippen molar-refractivity contribution in [1.29, 1.82) is 0 Å². The molecule has 0 atom stereocenters. The molecule has 0 N–H and O–H groups in total. The second-order valence-corrected chi connectivity index (χ2v) is 17.7. The van der Waals surface area contributed by atoms with Crippen LogP contribution in [0.25, 0.3) is 104 Å². The first-order chi connectivity index (χ1) is 33.7. The van der Waals surface area contributed by atoms with Crippen LogP contribution in [0.1, 0.15) is 0 Å². The van der Waals surface area contributed by atoms with Gasteiger partial charge >= 0.3 is 0 Å². The molecule has 13 rings (SSSR count). The van der Waals surface area contributed by atoms with Gasteiger partial charge in [-0.05, 0) is 144 Å². The van der Waals surface area contributed by atoms with Crippen molar-refractivity contribution in [2.75, 3.05) is 4.90 Å². The zero-order valence-corrected chi connectivity index (χ0v) is 37.3. The van der Waals surface area contributed by atoms with Gasteiger partial charge in [0.15, 0.2) is 0 Å². The Morgan fingerprint density at radius 2 is 0.750 bits per heavy atom. The average Bonchev–Trinajstić information content (AvgIpc) is 3.75. The van der Waals surface area contributed by atoms with E-state index in [4.69, 9.17) is 0 Å². The Bertz CT molecular complexity index is 4000. The van der Waals surface area contributed by atoms with Crippen LogP contribution in [0.5, 0.6) is 0 Å². The molecule has 318 valence electrons. The Balaban J connectivity index is 1.000. The minimum atomic E-state index is 1.08. The van der Waals surface area contributed by atoms with Crippen molar-refractivity contribution >= 4 is 71.2 Å². The fraction of sp³-hybridized carbons (Fsp3) is 0. The lowest BCUT2D eigenvalue weighted by Gasteiger charge is -2.26. The van der Waals surface area contributed by atoms with Gasteiger partial charge in [0, 0.05) is 33.5 Å². The lowest BCUT2D eigenvalue weighted by atomic mass is 9.84. The summed E-state index contributed by atoms with van der Waals surface area (Å²) in [5.41, 5.74) is 16.4. The van der Waals surface area contributed by atoms with Gasteiger partial charge in [-0.25, -0.2) is 0 Å². The molecule has 0 bridgehead atoms. The molecule has 1 aromatic heterocycles. The van der Waals surface area contributed by atoms with Crippen molar-refractivity contribution in [2.24, 2.45) is 0 Å². The van der Waals surface area contributed by atoms with Gasteiger partial charge in [0.2, 0.25) is 0 Å². The van der Waals surface area contributed by atoms with Crippen molar-refractivity contribution < 1.29 is 0 Å². The van der Waals surface area contributed by atoms with Crippen LogP contribution in [0.2, 0.25) is 0 Å². The zero-order chi connectivity index (χ0) is 45.0. The fourth-order valence-corrected chi connectivity index (χ4v) is 10.6. The van der Waals surface area contributed by atoms with Crippen LogP contribution >= 0.6 is 0 Å². The monoisotopic (exact) mass is 864 g/mol. The zero-order valence-electron chi connectivity index (χ0n) is 37.3. The predicted molar refractivity (Wildman–Crippen MR) is 290 cm³/mol. The quantitative estimate of drug-likeness (QED) is 0.138. The molecule has 0 unspecified atom stereocenters. The first-order valence-corrected chi connectivity index (χ1v) is 23.4. The first kappa shape index (κ1) is 39.4. The molecule has 13 aromatic rings. The van der Waals surface area contributed by atoms with E-state index in [0.717, 1.165) is 28.3 Å². The van der Waals surface area contributed by atoms with E-state index in [2.05, 4.69) is 276 Å². The van der Waals surface area contributed by atoms with Crippen LogP contribution in [0.3, 0.4) is 0 Å². The van der Waals surface area contributed by atoms with Gasteiger partial charge < -0.3 is 9.47 Å². The third-order valence-corrected chi connectivity index (χ3v) is 13.7. The van der Waals surface area contributed by atoms with E-state index in [1.54, 1.807) is 0 Å². The number of rotatable bonds is 8. The Morgan fingerprint density at radius 1 is 0.235 bits per heavy atom. The van der Waals surface area contributed by atoms with Gasteiger partial charge in [-0.1, -0.05) is 200 Å². The number of anilines is 3. The Kier molecular flexibility index (Phi) is 9.54. The molecular weight excluding hydrogens is 821 g/mol. The molecule has 0 aliphatic carbocycles. The van der Waals surface area contributed by atoms with E-state index in [1.807, 2.05) is 0 Å². The number of aromatic nitrogens is 1. The highest BCUT2D eigenvalue weighted by molar-refractivity contribution is 6.22. The van der Waals surface area contributed by atoms with Gasteiger partial charge in [-0.15, -0.1) is 0 Å². The van der Waals surface area contributed by atoms with Gasteiger partial charge in [-0.3, -0.25) is 0 Å². The third-order valence-electron chi connectivity index (χ3n) is 13.7. The number of nitrogens with zero attached hydrogens (tertiary/aromatic N) is 2. The van der Waals surface area contributed by atoms with Gasteiger partial charge in [0.25, 0.3) is 0 Å². The van der Waals surface area contributed by atoms with Crippen LogP contribution in [0.15, 0.2) is 267 Å². The molecule has 0 fully saturated rings. The Morgan fingerprint density at radius 3 is 1.50 bits per heavy atom. The SMILES string of the molecule is c1ccc(-c2ccc(N(c3cccc(-c4ccc5c(c4)c(-c4ccccc4)c(-c4ccccc4)c4ccccc45)c3)c3ccc4c(c3)c3ccccc3n4-c3ccc4ccccc4c3)cc2)cc1. The summed E-state index contributed by atoms with van der Waals surface area (Å²) in [5, 5.41) is 9.88. The molecule has 0 radical (unpaired) electrons. The maximum absolute atomic E-state index is 2.42. The number of fused-ring (bicyclic) bond motifs is 7. The molecule has 0 saturated carbocycles. The molecule has 0 saturated heterocycles. The molecule has 2 heteroatoms. The largest absolute Gasteiger partial charge is 0.310 e. The number of hydrogen-bond acceptors (Lipinski definition) is 1. The number of para-hydroxylation sites is 1. The highest BCUT2D eigenvalue weighted by Gasteiger charge is 2.21. The topological polar surface area (TPSA) is 8.17 Å². The van der Waals surface area contributed by atoms with Gasteiger partial charge in [-0.2, -0.15) is 0 Å². The summed E-state index contributed by atoms with van der Waals surface area (Å²) in [6, 6.07) is 97.6. The standard InChI is InChI=1S/C66H44N2/c1-4-17-45(18-5-1)47-31-35-53(36-32-47)67(56-38-40-64-61(44-56)59-28-14-15-30-63(59)68(64)55-37-33-46-19-10-11-24-50(46)41-55)54-26-16-25-51(42-54)52-34-39-58-57-27-12-13-29-60(57)65(48-20-6-2-7-21-48)66(62(58)43-52)49-22-8-3-9-23-49/h1-44H. The maximum Gasteiger partial charge on any atom is 0.0542 e. The summed E-state index contributed by atoms with van der Waals surface area (Å²) in [7, 11) is 0. The van der Waals surface area contributed by atoms with Crippen molar-refractivity contribution in [1.82, 2.24) is 4.57 Å². The summed E-state index contributed by atoms with van der Waals surface area (Å²) >= 11 is 0. The Labute approximate surface area is 395 Å². The van der Waals surface area contributed by atoms with Crippen molar-refractivity contribution in [3.05, 3.63) is 267 Å². The van der Waals surface area contributed by atoms with E-state index >= 15 is 0 Å². The molecule has 0 spiro atoms. The van der Waals surface area contributed by atoms with Crippen LogP contribution in [-0.2, 0) is 0 Å². The van der Waals surface area contributed by atoms with Crippen molar-refractivity contribution in [2.45, 2.75) is 0 Å². The number of hydrogen-bond donors (Lipinski definition) is 0. The molecule has 0 amide bonds. The van der Waals surface area contributed by atoms with E-state index in [-0.39, 0.29) is 0 Å². The summed E-state index contributed by atoms with van der Waals surface area (Å²) < 4.78 is 2.41. The highest BCUT2D eigenvalue weighted by atomic mass is 15.1. The molecule has 0 aliphatic heterocycles. The molecular formula is C66H44N2. The summed E-state index contributed by atoms with van der Waals surface area (Å²) in [5.74, 6) is 0. The van der Waals surface area contributed by atoms with Gasteiger partial charge in [0.1, 0.15) is 0 Å². The second-order valence-electron chi connectivity index (χ2n) is 17.7. The van der Waals surface area contributed by atoms with Crippen LogP contribution in [0.4, 0.5) is 17.1 Å². The molecule has 68 heavy (non-hydrogen) atoms. The van der Waals surface area contributed by atoms with E-state index < -0.39 is 0 Å².